The first-order chi connectivity index (χ1) is 6.77. The Kier molecular flexibility index (Phi) is 5.04. The highest BCUT2D eigenvalue weighted by molar-refractivity contribution is 7.98. The fourth-order valence-electron chi connectivity index (χ4n) is 1.07. The van der Waals surface area contributed by atoms with Gasteiger partial charge in [0.2, 0.25) is 0 Å². The van der Waals surface area contributed by atoms with Gasteiger partial charge in [-0.2, -0.15) is 11.8 Å². The largest absolute Gasteiger partial charge is 0.364 e. The number of hydrogen-bond acceptors (Lipinski definition) is 4. The Morgan fingerprint density at radius 3 is 2.79 bits per heavy atom. The van der Waals surface area contributed by atoms with Crippen molar-refractivity contribution in [2.45, 2.75) is 19.4 Å². The molecule has 0 aliphatic heterocycles. The fourth-order valence-corrected chi connectivity index (χ4v) is 1.96. The molecule has 3 nitrogen and oxygen atoms in total. The maximum Gasteiger partial charge on any atom is 0.171 e. The lowest BCUT2D eigenvalue weighted by Gasteiger charge is -2.16. The van der Waals surface area contributed by atoms with Gasteiger partial charge in [-0.05, 0) is 12.7 Å². The molecule has 14 heavy (non-hydrogen) atoms. The number of nitrogens with one attached hydrogen (secondary N) is 1. The molecule has 0 amide bonds. The number of rotatable bonds is 5. The summed E-state index contributed by atoms with van der Waals surface area (Å²) in [4.78, 5) is 8.09. The van der Waals surface area contributed by atoms with E-state index in [0.29, 0.717) is 17.0 Å². The second-order valence-corrected chi connectivity index (χ2v) is 4.17. The van der Waals surface area contributed by atoms with Crippen LogP contribution in [0.15, 0.2) is 12.4 Å². The van der Waals surface area contributed by atoms with Crippen molar-refractivity contribution in [3.63, 3.8) is 0 Å². The molecule has 5 heteroatoms. The van der Waals surface area contributed by atoms with Crippen LogP contribution in [0.3, 0.4) is 0 Å². The molecule has 1 rings (SSSR count). The first-order valence-electron chi connectivity index (χ1n) is 4.50. The minimum Gasteiger partial charge on any atom is -0.364 e. The fraction of sp³-hybridized carbons (Fsp3) is 0.556. The van der Waals surface area contributed by atoms with E-state index in [1.165, 1.54) is 0 Å². The summed E-state index contributed by atoms with van der Waals surface area (Å²) in [5.74, 6) is 1.72. The summed E-state index contributed by atoms with van der Waals surface area (Å²) in [5.41, 5.74) is 0. The lowest BCUT2D eigenvalue weighted by Crippen LogP contribution is -2.22. The molecule has 0 fully saturated rings. The van der Waals surface area contributed by atoms with E-state index < -0.39 is 0 Å². The van der Waals surface area contributed by atoms with Crippen LogP contribution in [0.5, 0.6) is 0 Å². The number of aromatic nitrogens is 2. The summed E-state index contributed by atoms with van der Waals surface area (Å²) >= 11 is 7.69. The monoisotopic (exact) mass is 231 g/mol. The minimum atomic E-state index is 0.402. The van der Waals surface area contributed by atoms with Crippen molar-refractivity contribution in [3.05, 3.63) is 17.5 Å². The highest BCUT2D eigenvalue weighted by Crippen LogP contribution is 2.17. The number of thioether (sulfide) groups is 1. The van der Waals surface area contributed by atoms with E-state index in [-0.39, 0.29) is 0 Å². The predicted molar refractivity (Wildman–Crippen MR) is 63.1 cm³/mol. The van der Waals surface area contributed by atoms with Crippen molar-refractivity contribution in [2.24, 2.45) is 0 Å². The second-order valence-electron chi connectivity index (χ2n) is 2.90. The normalized spacial score (nSPS) is 12.5. The van der Waals surface area contributed by atoms with Crippen LogP contribution in [0.1, 0.15) is 13.3 Å². The Morgan fingerprint density at radius 1 is 1.50 bits per heavy atom. The lowest BCUT2D eigenvalue weighted by molar-refractivity contribution is 0.769. The highest BCUT2D eigenvalue weighted by Gasteiger charge is 2.08. The van der Waals surface area contributed by atoms with Gasteiger partial charge in [-0.3, -0.25) is 0 Å². The zero-order valence-corrected chi connectivity index (χ0v) is 9.90. The Labute approximate surface area is 93.7 Å². The number of nitrogens with zero attached hydrogens (tertiary/aromatic N) is 2. The van der Waals surface area contributed by atoms with E-state index in [1.54, 1.807) is 24.2 Å². The molecule has 0 saturated carbocycles. The molecule has 0 bridgehead atoms. The first-order valence-corrected chi connectivity index (χ1v) is 6.27. The van der Waals surface area contributed by atoms with Crippen molar-refractivity contribution in [2.75, 3.05) is 17.3 Å². The summed E-state index contributed by atoms with van der Waals surface area (Å²) in [6.07, 6.45) is 6.36. The molecule has 0 spiro atoms. The van der Waals surface area contributed by atoms with Crippen molar-refractivity contribution in [1.82, 2.24) is 9.97 Å². The van der Waals surface area contributed by atoms with Crippen molar-refractivity contribution < 1.29 is 0 Å². The number of hydrogen-bond donors (Lipinski definition) is 1. The average molecular weight is 232 g/mol. The van der Waals surface area contributed by atoms with Crippen LogP contribution in [0.2, 0.25) is 5.15 Å². The maximum atomic E-state index is 5.88. The van der Waals surface area contributed by atoms with E-state index in [9.17, 15) is 0 Å². The number of halogens is 1. The molecule has 1 unspecified atom stereocenters. The molecule has 1 atom stereocenters. The van der Waals surface area contributed by atoms with Crippen molar-refractivity contribution >= 4 is 29.2 Å². The molecule has 1 aromatic rings. The van der Waals surface area contributed by atoms with Crippen LogP contribution >= 0.6 is 23.4 Å². The number of anilines is 1. The molecular weight excluding hydrogens is 218 g/mol. The topological polar surface area (TPSA) is 37.8 Å². The standard InChI is InChI=1S/C9H14ClN3S/c1-3-7(6-14-2)13-9-8(10)11-4-5-12-9/h4-5,7H,3,6H2,1-2H3,(H,12,13). The minimum absolute atomic E-state index is 0.402. The third kappa shape index (κ3) is 3.35. The van der Waals surface area contributed by atoms with Crippen LogP contribution in [0.4, 0.5) is 5.82 Å². The Balaban J connectivity index is 2.62. The summed E-state index contributed by atoms with van der Waals surface area (Å²) < 4.78 is 0. The molecule has 0 aromatic carbocycles. The molecule has 1 heterocycles. The molecule has 1 aromatic heterocycles. The van der Waals surface area contributed by atoms with Gasteiger partial charge in [0, 0.05) is 24.2 Å². The zero-order valence-electron chi connectivity index (χ0n) is 8.33. The predicted octanol–water partition coefficient (Wildman–Crippen LogP) is 2.68. The Hall–Kier alpha value is -0.480. The SMILES string of the molecule is CCC(CSC)Nc1nccnc1Cl. The zero-order chi connectivity index (χ0) is 10.4. The van der Waals surface area contributed by atoms with Crippen molar-refractivity contribution in [1.29, 1.82) is 0 Å². The van der Waals surface area contributed by atoms with E-state index in [1.807, 2.05) is 0 Å². The van der Waals surface area contributed by atoms with E-state index >= 15 is 0 Å². The van der Waals surface area contributed by atoms with Gasteiger partial charge in [-0.25, -0.2) is 9.97 Å². The molecular formula is C9H14ClN3S. The lowest BCUT2D eigenvalue weighted by atomic mass is 10.2. The van der Waals surface area contributed by atoms with Gasteiger partial charge in [-0.15, -0.1) is 0 Å². The molecule has 78 valence electrons. The quantitative estimate of drug-likeness (QED) is 0.846. The third-order valence-corrected chi connectivity index (χ3v) is 2.87. The van der Waals surface area contributed by atoms with Crippen molar-refractivity contribution in [3.8, 4) is 0 Å². The van der Waals surface area contributed by atoms with Crippen LogP contribution in [-0.4, -0.2) is 28.0 Å². The molecule has 0 radical (unpaired) electrons. The Bertz CT molecular complexity index is 283. The van der Waals surface area contributed by atoms with Gasteiger partial charge >= 0.3 is 0 Å². The average Bonchev–Trinajstić information content (AvgIpc) is 2.20. The second kappa shape index (κ2) is 6.09. The molecule has 0 aliphatic carbocycles. The van der Waals surface area contributed by atoms with Gasteiger partial charge in [0.1, 0.15) is 0 Å². The third-order valence-electron chi connectivity index (χ3n) is 1.86. The van der Waals surface area contributed by atoms with Crippen LogP contribution in [0, 0.1) is 0 Å². The van der Waals surface area contributed by atoms with Gasteiger partial charge < -0.3 is 5.32 Å². The summed E-state index contributed by atoms with van der Waals surface area (Å²) in [6.45, 7) is 2.14. The summed E-state index contributed by atoms with van der Waals surface area (Å²) in [6, 6.07) is 0.402. The first kappa shape index (κ1) is 11.6. The smallest absolute Gasteiger partial charge is 0.171 e. The van der Waals surface area contributed by atoms with Crippen LogP contribution < -0.4 is 5.32 Å². The van der Waals surface area contributed by atoms with E-state index in [2.05, 4.69) is 28.5 Å². The maximum absolute atomic E-state index is 5.88. The Morgan fingerprint density at radius 2 is 2.21 bits per heavy atom. The summed E-state index contributed by atoms with van der Waals surface area (Å²) in [7, 11) is 0. The van der Waals surface area contributed by atoms with E-state index in [4.69, 9.17) is 11.6 Å². The molecule has 1 N–H and O–H groups in total. The molecule has 0 aliphatic rings. The highest BCUT2D eigenvalue weighted by atomic mass is 35.5. The van der Waals surface area contributed by atoms with Gasteiger partial charge in [0.15, 0.2) is 11.0 Å². The van der Waals surface area contributed by atoms with E-state index in [0.717, 1.165) is 12.2 Å². The molecule has 0 saturated heterocycles. The summed E-state index contributed by atoms with van der Waals surface area (Å²) in [5, 5.41) is 3.71. The van der Waals surface area contributed by atoms with Gasteiger partial charge in [0.05, 0.1) is 0 Å². The van der Waals surface area contributed by atoms with Crippen LogP contribution in [-0.2, 0) is 0 Å². The van der Waals surface area contributed by atoms with Crippen LogP contribution in [0.25, 0.3) is 0 Å². The van der Waals surface area contributed by atoms with Gasteiger partial charge in [-0.1, -0.05) is 18.5 Å². The van der Waals surface area contributed by atoms with Gasteiger partial charge in [0.25, 0.3) is 0 Å².